The van der Waals surface area contributed by atoms with Gasteiger partial charge < -0.3 is 10.6 Å². The van der Waals surface area contributed by atoms with Gasteiger partial charge in [0.05, 0.1) is 21.8 Å². The second-order valence-electron chi connectivity index (χ2n) is 5.77. The smallest absolute Gasteiger partial charge is 0.244 e. The summed E-state index contributed by atoms with van der Waals surface area (Å²) >= 11 is 6.34. The van der Waals surface area contributed by atoms with Crippen LogP contribution in [0.1, 0.15) is 25.3 Å². The summed E-state index contributed by atoms with van der Waals surface area (Å²) in [5.74, 6) is -0.0455. The number of anilines is 1. The standard InChI is InChI=1S/C16H18ClN3O/c1-10-9-12(17)14(11-5-3-7-18-13(10)11)20-15(21)16(2)6-4-8-19-16/h3,5,7,9,19H,4,6,8H2,1-2H3,(H,20,21). The minimum atomic E-state index is -0.525. The van der Waals surface area contributed by atoms with E-state index in [-0.39, 0.29) is 5.91 Å². The molecule has 1 amide bonds. The van der Waals surface area contributed by atoms with Gasteiger partial charge in [0.2, 0.25) is 5.91 Å². The Morgan fingerprint density at radius 1 is 1.52 bits per heavy atom. The highest BCUT2D eigenvalue weighted by Crippen LogP contribution is 2.33. The number of aromatic nitrogens is 1. The number of hydrogen-bond acceptors (Lipinski definition) is 3. The number of fused-ring (bicyclic) bond motifs is 1. The zero-order valence-electron chi connectivity index (χ0n) is 12.2. The molecule has 110 valence electrons. The van der Waals surface area contributed by atoms with Crippen LogP contribution >= 0.6 is 11.6 Å². The third-order valence-corrected chi connectivity index (χ3v) is 4.44. The summed E-state index contributed by atoms with van der Waals surface area (Å²) in [6, 6.07) is 5.63. The Balaban J connectivity index is 2.03. The number of amides is 1. The number of nitrogens with zero attached hydrogens (tertiary/aromatic N) is 1. The van der Waals surface area contributed by atoms with E-state index in [1.807, 2.05) is 32.0 Å². The number of rotatable bonds is 2. The minimum absolute atomic E-state index is 0.0455. The fourth-order valence-corrected chi connectivity index (χ4v) is 3.16. The van der Waals surface area contributed by atoms with E-state index < -0.39 is 5.54 Å². The van der Waals surface area contributed by atoms with Crippen LogP contribution in [0.3, 0.4) is 0 Å². The maximum absolute atomic E-state index is 12.6. The highest BCUT2D eigenvalue weighted by Gasteiger charge is 2.36. The molecule has 2 heterocycles. The van der Waals surface area contributed by atoms with Crippen molar-refractivity contribution in [3.8, 4) is 0 Å². The van der Waals surface area contributed by atoms with Crippen LogP contribution in [0.15, 0.2) is 24.4 Å². The second-order valence-corrected chi connectivity index (χ2v) is 6.17. The fourth-order valence-electron chi connectivity index (χ4n) is 2.85. The third-order valence-electron chi connectivity index (χ3n) is 4.14. The van der Waals surface area contributed by atoms with Gasteiger partial charge in [0.1, 0.15) is 0 Å². The summed E-state index contributed by atoms with van der Waals surface area (Å²) in [6.07, 6.45) is 3.58. The van der Waals surface area contributed by atoms with Crippen molar-refractivity contribution in [1.82, 2.24) is 10.3 Å². The summed E-state index contributed by atoms with van der Waals surface area (Å²) in [5.41, 5.74) is 1.98. The number of carbonyl (C=O) groups is 1. The summed E-state index contributed by atoms with van der Waals surface area (Å²) in [6.45, 7) is 4.76. The maximum atomic E-state index is 12.6. The molecule has 2 N–H and O–H groups in total. The third kappa shape index (κ3) is 2.49. The summed E-state index contributed by atoms with van der Waals surface area (Å²) in [5, 5.41) is 7.67. The van der Waals surface area contributed by atoms with Gasteiger partial charge in [0, 0.05) is 11.6 Å². The Hall–Kier alpha value is -1.65. The first-order valence-electron chi connectivity index (χ1n) is 7.11. The molecule has 1 unspecified atom stereocenters. The van der Waals surface area contributed by atoms with E-state index in [0.717, 1.165) is 35.9 Å². The largest absolute Gasteiger partial charge is 0.323 e. The van der Waals surface area contributed by atoms with Crippen LogP contribution in [0, 0.1) is 6.92 Å². The van der Waals surface area contributed by atoms with Crippen LogP contribution in [0.4, 0.5) is 5.69 Å². The molecule has 1 aliphatic rings. The summed E-state index contributed by atoms with van der Waals surface area (Å²) < 4.78 is 0. The number of hydrogen-bond donors (Lipinski definition) is 2. The number of aryl methyl sites for hydroxylation is 1. The minimum Gasteiger partial charge on any atom is -0.323 e. The second kappa shape index (κ2) is 5.28. The monoisotopic (exact) mass is 303 g/mol. The molecule has 1 aromatic carbocycles. The molecule has 0 saturated carbocycles. The lowest BCUT2D eigenvalue weighted by Crippen LogP contribution is -2.48. The Bertz CT molecular complexity index is 708. The van der Waals surface area contributed by atoms with Crippen molar-refractivity contribution in [2.24, 2.45) is 0 Å². The van der Waals surface area contributed by atoms with Crippen molar-refractivity contribution in [2.45, 2.75) is 32.2 Å². The average molecular weight is 304 g/mol. The molecule has 1 saturated heterocycles. The first kappa shape index (κ1) is 14.3. The van der Waals surface area contributed by atoms with Crippen molar-refractivity contribution in [3.05, 3.63) is 35.0 Å². The van der Waals surface area contributed by atoms with Gasteiger partial charge in [-0.2, -0.15) is 0 Å². The van der Waals surface area contributed by atoms with Crippen LogP contribution in [0.25, 0.3) is 10.9 Å². The molecule has 1 aliphatic heterocycles. The topological polar surface area (TPSA) is 54.0 Å². The number of nitrogens with one attached hydrogen (secondary N) is 2. The number of halogens is 1. The Kier molecular flexibility index (Phi) is 3.59. The molecule has 0 aliphatic carbocycles. The predicted octanol–water partition coefficient (Wildman–Crippen LogP) is 3.28. The molecular weight excluding hydrogens is 286 g/mol. The SMILES string of the molecule is Cc1cc(Cl)c(NC(=O)C2(C)CCCN2)c2cccnc12. The predicted molar refractivity (Wildman–Crippen MR) is 85.8 cm³/mol. The lowest BCUT2D eigenvalue weighted by molar-refractivity contribution is -0.121. The van der Waals surface area contributed by atoms with Crippen molar-refractivity contribution >= 4 is 34.1 Å². The van der Waals surface area contributed by atoms with Crippen molar-refractivity contribution in [2.75, 3.05) is 11.9 Å². The van der Waals surface area contributed by atoms with E-state index in [2.05, 4.69) is 15.6 Å². The molecule has 1 fully saturated rings. The molecule has 5 heteroatoms. The lowest BCUT2D eigenvalue weighted by atomic mass is 9.99. The van der Waals surface area contributed by atoms with E-state index >= 15 is 0 Å². The zero-order valence-corrected chi connectivity index (χ0v) is 12.9. The molecule has 0 spiro atoms. The van der Waals surface area contributed by atoms with E-state index in [1.165, 1.54) is 0 Å². The van der Waals surface area contributed by atoms with Crippen LogP contribution in [0.5, 0.6) is 0 Å². The molecule has 3 rings (SSSR count). The molecule has 4 nitrogen and oxygen atoms in total. The first-order valence-corrected chi connectivity index (χ1v) is 7.49. The molecule has 21 heavy (non-hydrogen) atoms. The summed E-state index contributed by atoms with van der Waals surface area (Å²) in [7, 11) is 0. The van der Waals surface area contributed by atoms with Gasteiger partial charge in [-0.25, -0.2) is 0 Å². The molecule has 1 atom stereocenters. The van der Waals surface area contributed by atoms with E-state index in [9.17, 15) is 4.79 Å². The molecule has 1 aromatic heterocycles. The van der Waals surface area contributed by atoms with Gasteiger partial charge >= 0.3 is 0 Å². The van der Waals surface area contributed by atoms with Gasteiger partial charge in [-0.3, -0.25) is 9.78 Å². The van der Waals surface area contributed by atoms with Crippen LogP contribution in [-0.2, 0) is 4.79 Å². The van der Waals surface area contributed by atoms with Gasteiger partial charge in [-0.1, -0.05) is 11.6 Å². The molecule has 0 radical (unpaired) electrons. The number of pyridine rings is 1. The van der Waals surface area contributed by atoms with Gasteiger partial charge in [-0.05, 0) is 57.0 Å². The van der Waals surface area contributed by atoms with Crippen LogP contribution in [-0.4, -0.2) is 23.0 Å². The Morgan fingerprint density at radius 2 is 2.33 bits per heavy atom. The van der Waals surface area contributed by atoms with Crippen LogP contribution in [0.2, 0.25) is 5.02 Å². The van der Waals surface area contributed by atoms with Gasteiger partial charge in [-0.15, -0.1) is 0 Å². The van der Waals surface area contributed by atoms with Crippen molar-refractivity contribution in [1.29, 1.82) is 0 Å². The highest BCUT2D eigenvalue weighted by atomic mass is 35.5. The van der Waals surface area contributed by atoms with E-state index in [1.54, 1.807) is 6.20 Å². The van der Waals surface area contributed by atoms with Crippen LogP contribution < -0.4 is 10.6 Å². The molecule has 0 bridgehead atoms. The summed E-state index contributed by atoms with van der Waals surface area (Å²) in [4.78, 5) is 16.9. The molecular formula is C16H18ClN3O. The fraction of sp³-hybridized carbons (Fsp3) is 0.375. The first-order chi connectivity index (χ1) is 10.0. The normalized spacial score (nSPS) is 21.7. The maximum Gasteiger partial charge on any atom is 0.244 e. The van der Waals surface area contributed by atoms with Crippen molar-refractivity contribution in [3.63, 3.8) is 0 Å². The molecule has 2 aromatic rings. The van der Waals surface area contributed by atoms with Gasteiger partial charge in [0.15, 0.2) is 0 Å². The Morgan fingerprint density at radius 3 is 3.05 bits per heavy atom. The zero-order chi connectivity index (χ0) is 15.0. The quantitative estimate of drug-likeness (QED) is 0.895. The van der Waals surface area contributed by atoms with E-state index in [0.29, 0.717) is 10.7 Å². The average Bonchev–Trinajstić information content (AvgIpc) is 2.91. The van der Waals surface area contributed by atoms with Crippen molar-refractivity contribution < 1.29 is 4.79 Å². The van der Waals surface area contributed by atoms with Gasteiger partial charge in [0.25, 0.3) is 0 Å². The number of benzene rings is 1. The Labute approximate surface area is 128 Å². The lowest BCUT2D eigenvalue weighted by Gasteiger charge is -2.24. The highest BCUT2D eigenvalue weighted by molar-refractivity contribution is 6.35. The van der Waals surface area contributed by atoms with E-state index in [4.69, 9.17) is 11.6 Å². The number of carbonyl (C=O) groups excluding carboxylic acids is 1.